The quantitative estimate of drug-likeness (QED) is 0.838. The molecular weight excluding hydrogens is 273 g/mol. The fourth-order valence-electron chi connectivity index (χ4n) is 4.53. The van der Waals surface area contributed by atoms with Crippen LogP contribution in [0.25, 0.3) is 10.9 Å². The molecule has 1 aromatic heterocycles. The van der Waals surface area contributed by atoms with E-state index in [1.165, 1.54) is 10.9 Å². The minimum Gasteiger partial charge on any atom is -0.449 e. The van der Waals surface area contributed by atoms with Gasteiger partial charge in [-0.05, 0) is 39.7 Å². The molecule has 0 aliphatic rings. The first-order valence-electron chi connectivity index (χ1n) is 8.07. The molecule has 0 bridgehead atoms. The number of nitrogens with zero attached hydrogens (tertiary/aromatic N) is 1. The Morgan fingerprint density at radius 2 is 1.48 bits per heavy atom. The fourth-order valence-corrected chi connectivity index (χ4v) is 11.2. The van der Waals surface area contributed by atoms with E-state index in [1.807, 2.05) is 0 Å². The third kappa shape index (κ3) is 2.38. The van der Waals surface area contributed by atoms with Gasteiger partial charge in [-0.25, -0.2) is 0 Å². The lowest BCUT2D eigenvalue weighted by atomic mass is 9.89. The van der Waals surface area contributed by atoms with Gasteiger partial charge >= 0.3 is 7.48 Å². The second-order valence-corrected chi connectivity index (χ2v) is 12.8. The molecule has 114 valence electrons. The van der Waals surface area contributed by atoms with Gasteiger partial charge in [0.15, 0.2) is 8.24 Å². The van der Waals surface area contributed by atoms with Crippen LogP contribution in [0, 0.1) is 0 Å². The van der Waals surface area contributed by atoms with Gasteiger partial charge in [0.2, 0.25) is 0 Å². The van der Waals surface area contributed by atoms with Crippen molar-refractivity contribution in [3.63, 3.8) is 0 Å². The van der Waals surface area contributed by atoms with E-state index >= 15 is 0 Å². The summed E-state index contributed by atoms with van der Waals surface area (Å²) in [6.07, 6.45) is 2.23. The molecule has 0 aliphatic heterocycles. The second kappa shape index (κ2) is 6.01. The van der Waals surface area contributed by atoms with E-state index in [4.69, 9.17) is 0 Å². The summed E-state index contributed by atoms with van der Waals surface area (Å²) in [6, 6.07) is 8.52. The molecular formula is C17H28BNOSi. The average molecular weight is 301 g/mol. The molecule has 0 spiro atoms. The lowest BCUT2D eigenvalue weighted by Crippen LogP contribution is -2.51. The lowest BCUT2D eigenvalue weighted by Gasteiger charge is -2.44. The highest BCUT2D eigenvalue weighted by Gasteiger charge is 2.45. The van der Waals surface area contributed by atoms with Gasteiger partial charge in [-0.3, -0.25) is 0 Å². The summed E-state index contributed by atoms with van der Waals surface area (Å²) < 4.78 is 2.58. The molecule has 4 heteroatoms. The number of benzene rings is 1. The minimum absolute atomic E-state index is 0.117. The van der Waals surface area contributed by atoms with E-state index in [-0.39, 0.29) is 7.48 Å². The van der Waals surface area contributed by atoms with Crippen molar-refractivity contribution in [1.82, 2.24) is 4.23 Å². The second-order valence-electron chi connectivity index (χ2n) is 7.05. The van der Waals surface area contributed by atoms with Crippen LogP contribution in [0.2, 0.25) is 16.6 Å². The zero-order valence-corrected chi connectivity index (χ0v) is 15.2. The smallest absolute Gasteiger partial charge is 0.306 e. The topological polar surface area (TPSA) is 25.2 Å². The summed E-state index contributed by atoms with van der Waals surface area (Å²) in [5.41, 5.74) is 4.31. The van der Waals surface area contributed by atoms with Crippen LogP contribution in [0.5, 0.6) is 0 Å². The molecule has 0 saturated heterocycles. The van der Waals surface area contributed by atoms with Crippen molar-refractivity contribution in [3.8, 4) is 0 Å². The van der Waals surface area contributed by atoms with Gasteiger partial charge in [-0.1, -0.05) is 59.7 Å². The number of hydrogen-bond acceptors (Lipinski definition) is 1. The Morgan fingerprint density at radius 3 is 1.95 bits per heavy atom. The van der Waals surface area contributed by atoms with E-state index in [9.17, 15) is 5.02 Å². The van der Waals surface area contributed by atoms with Crippen LogP contribution in [0.1, 0.15) is 41.5 Å². The van der Waals surface area contributed by atoms with Crippen LogP contribution >= 0.6 is 0 Å². The Labute approximate surface area is 130 Å². The van der Waals surface area contributed by atoms with E-state index in [1.54, 1.807) is 0 Å². The summed E-state index contributed by atoms with van der Waals surface area (Å²) in [6.45, 7) is 14.2. The van der Waals surface area contributed by atoms with Crippen molar-refractivity contribution >= 4 is 32.1 Å². The maximum atomic E-state index is 9.73. The van der Waals surface area contributed by atoms with Crippen molar-refractivity contribution in [1.29, 1.82) is 0 Å². The van der Waals surface area contributed by atoms with Gasteiger partial charge < -0.3 is 9.26 Å². The van der Waals surface area contributed by atoms with E-state index in [0.29, 0.717) is 16.6 Å². The summed E-state index contributed by atoms with van der Waals surface area (Å²) >= 11 is 0. The van der Waals surface area contributed by atoms with E-state index in [2.05, 4.69) is 76.2 Å². The van der Waals surface area contributed by atoms with Crippen LogP contribution in [-0.4, -0.2) is 25.0 Å². The Kier molecular flexibility index (Phi) is 4.69. The molecule has 21 heavy (non-hydrogen) atoms. The summed E-state index contributed by atoms with van der Waals surface area (Å²) in [7, 11) is -1.64. The van der Waals surface area contributed by atoms with Crippen molar-refractivity contribution in [3.05, 3.63) is 30.5 Å². The average Bonchev–Trinajstić information content (AvgIpc) is 2.78. The maximum Gasteiger partial charge on any atom is 0.306 e. The maximum absolute atomic E-state index is 9.73. The van der Waals surface area contributed by atoms with Gasteiger partial charge in [0.05, 0.1) is 0 Å². The van der Waals surface area contributed by atoms with Crippen LogP contribution in [-0.2, 0) is 0 Å². The lowest BCUT2D eigenvalue weighted by molar-refractivity contribution is 0.615. The first kappa shape index (κ1) is 16.4. The number of fused-ring (bicyclic) bond motifs is 1. The standard InChI is InChI=1S/C17H28BNOSi/c1-12(2)21(13(3)4,14(5)6)19-11-16(18-20)15-9-7-8-10-17(15)19/h7-14,18,20H,1-6H3. The largest absolute Gasteiger partial charge is 0.449 e. The summed E-state index contributed by atoms with van der Waals surface area (Å²) in [5.74, 6) is 0. The molecule has 0 radical (unpaired) electrons. The Bertz CT molecular complexity index is 597. The van der Waals surface area contributed by atoms with Crippen LogP contribution in [0.4, 0.5) is 0 Å². The van der Waals surface area contributed by atoms with Crippen LogP contribution in [0.15, 0.2) is 30.5 Å². The normalized spacial score (nSPS) is 12.9. The van der Waals surface area contributed by atoms with Crippen molar-refractivity contribution in [2.45, 2.75) is 58.2 Å². The molecule has 2 aromatic rings. The number of rotatable bonds is 5. The Hall–Kier alpha value is -0.998. The zero-order chi connectivity index (χ0) is 15.8. The third-order valence-electron chi connectivity index (χ3n) is 5.16. The molecule has 1 aromatic carbocycles. The first-order chi connectivity index (χ1) is 9.87. The molecule has 0 amide bonds. The molecule has 1 heterocycles. The van der Waals surface area contributed by atoms with Gasteiger partial charge in [0.1, 0.15) is 0 Å². The molecule has 0 atom stereocenters. The molecule has 0 aliphatic carbocycles. The fraction of sp³-hybridized carbons (Fsp3) is 0.529. The van der Waals surface area contributed by atoms with E-state index in [0.717, 1.165) is 5.46 Å². The molecule has 2 rings (SSSR count). The predicted octanol–water partition coefficient (Wildman–Crippen LogP) is 3.63. The first-order valence-corrected chi connectivity index (χ1v) is 10.3. The van der Waals surface area contributed by atoms with Gasteiger partial charge in [0.25, 0.3) is 0 Å². The van der Waals surface area contributed by atoms with Crippen LogP contribution in [0.3, 0.4) is 0 Å². The highest BCUT2D eigenvalue weighted by atomic mass is 28.3. The van der Waals surface area contributed by atoms with Gasteiger partial charge in [0, 0.05) is 5.52 Å². The van der Waals surface area contributed by atoms with Crippen molar-refractivity contribution in [2.75, 3.05) is 0 Å². The zero-order valence-electron chi connectivity index (χ0n) is 14.2. The minimum atomic E-state index is -1.76. The highest BCUT2D eigenvalue weighted by Crippen LogP contribution is 2.43. The summed E-state index contributed by atoms with van der Waals surface area (Å²) in [5, 5.41) is 10.9. The van der Waals surface area contributed by atoms with Crippen molar-refractivity contribution < 1.29 is 5.02 Å². The van der Waals surface area contributed by atoms with E-state index < -0.39 is 8.24 Å². The monoisotopic (exact) mass is 301 g/mol. The number of para-hydroxylation sites is 1. The molecule has 0 fully saturated rings. The van der Waals surface area contributed by atoms with Crippen molar-refractivity contribution in [2.24, 2.45) is 0 Å². The molecule has 0 unspecified atom stereocenters. The Morgan fingerprint density at radius 1 is 0.952 bits per heavy atom. The SMILES string of the molecule is CC(C)[Si](C(C)C)(C(C)C)n1cc(BO)c2ccccc21. The number of aromatic nitrogens is 1. The highest BCUT2D eigenvalue weighted by molar-refractivity contribution is 6.83. The van der Waals surface area contributed by atoms with Gasteiger partial charge in [-0.2, -0.15) is 0 Å². The van der Waals surface area contributed by atoms with Gasteiger partial charge in [-0.15, -0.1) is 0 Å². The summed E-state index contributed by atoms with van der Waals surface area (Å²) in [4.78, 5) is 0. The Balaban J connectivity index is 2.83. The number of hydrogen-bond donors (Lipinski definition) is 1. The molecule has 2 nitrogen and oxygen atoms in total. The predicted molar refractivity (Wildman–Crippen MR) is 97.4 cm³/mol. The molecule has 0 saturated carbocycles. The molecule has 1 N–H and O–H groups in total. The third-order valence-corrected chi connectivity index (χ3v) is 11.9. The van der Waals surface area contributed by atoms with Crippen LogP contribution < -0.4 is 5.46 Å².